The highest BCUT2D eigenvalue weighted by Gasteiger charge is 2.15. The molecule has 0 aromatic heterocycles. The van der Waals surface area contributed by atoms with Crippen LogP contribution in [0, 0.1) is 6.92 Å². The fourth-order valence-corrected chi connectivity index (χ4v) is 2.72. The zero-order valence-corrected chi connectivity index (χ0v) is 16.6. The first-order valence-electron chi connectivity index (χ1n) is 8.44. The van der Waals surface area contributed by atoms with E-state index in [4.69, 9.17) is 4.74 Å². The van der Waals surface area contributed by atoms with Gasteiger partial charge in [0.25, 0.3) is 0 Å². The van der Waals surface area contributed by atoms with Crippen molar-refractivity contribution >= 4 is 29.9 Å². The van der Waals surface area contributed by atoms with Gasteiger partial charge in [-0.25, -0.2) is 0 Å². The molecule has 0 saturated heterocycles. The van der Waals surface area contributed by atoms with E-state index < -0.39 is 0 Å². The van der Waals surface area contributed by atoms with Crippen molar-refractivity contribution in [1.82, 2.24) is 10.6 Å². The van der Waals surface area contributed by atoms with E-state index in [1.54, 1.807) is 0 Å². The van der Waals surface area contributed by atoms with E-state index >= 15 is 0 Å². The highest BCUT2D eigenvalue weighted by molar-refractivity contribution is 14.0. The van der Waals surface area contributed by atoms with Crippen LogP contribution in [-0.4, -0.2) is 32.2 Å². The molecule has 1 aromatic rings. The number of nitrogens with zero attached hydrogens (tertiary/aromatic N) is 1. The smallest absolute Gasteiger partial charge is 0.191 e. The van der Waals surface area contributed by atoms with Gasteiger partial charge >= 0.3 is 0 Å². The number of hydrogen-bond donors (Lipinski definition) is 2. The van der Waals surface area contributed by atoms with Crippen LogP contribution in [0.1, 0.15) is 44.1 Å². The van der Waals surface area contributed by atoms with Crippen LogP contribution in [0.2, 0.25) is 0 Å². The summed E-state index contributed by atoms with van der Waals surface area (Å²) in [7, 11) is 1.84. The lowest BCUT2D eigenvalue weighted by Gasteiger charge is -2.16. The molecule has 2 N–H and O–H groups in total. The molecule has 23 heavy (non-hydrogen) atoms. The van der Waals surface area contributed by atoms with Crippen LogP contribution in [0.15, 0.2) is 29.3 Å². The lowest BCUT2D eigenvalue weighted by molar-refractivity contribution is 0.307. The van der Waals surface area contributed by atoms with E-state index in [9.17, 15) is 0 Å². The molecule has 4 nitrogen and oxygen atoms in total. The van der Waals surface area contributed by atoms with E-state index in [-0.39, 0.29) is 24.0 Å². The Morgan fingerprint density at radius 2 is 1.87 bits per heavy atom. The maximum atomic E-state index is 5.73. The van der Waals surface area contributed by atoms with E-state index in [0.717, 1.165) is 37.7 Å². The zero-order chi connectivity index (χ0) is 15.6. The summed E-state index contributed by atoms with van der Waals surface area (Å²) in [6.07, 6.45) is 7.34. The van der Waals surface area contributed by atoms with Crippen molar-refractivity contribution in [2.75, 3.05) is 20.2 Å². The van der Waals surface area contributed by atoms with Crippen LogP contribution >= 0.6 is 24.0 Å². The first kappa shape index (κ1) is 20.1. The Kier molecular flexibility index (Phi) is 10.1. The highest BCUT2D eigenvalue weighted by Crippen LogP contribution is 2.17. The summed E-state index contributed by atoms with van der Waals surface area (Å²) in [6, 6.07) is 8.82. The van der Waals surface area contributed by atoms with Crippen LogP contribution in [-0.2, 0) is 0 Å². The van der Waals surface area contributed by atoms with Crippen molar-refractivity contribution in [2.45, 2.75) is 51.5 Å². The number of aliphatic imine (C=N–C) groups is 1. The molecule has 1 aliphatic rings. The number of guanidine groups is 1. The monoisotopic (exact) mass is 431 g/mol. The molecule has 0 amide bonds. The molecule has 1 aliphatic carbocycles. The lowest BCUT2D eigenvalue weighted by atomic mass is 10.2. The Morgan fingerprint density at radius 1 is 1.17 bits per heavy atom. The fourth-order valence-electron chi connectivity index (χ4n) is 2.72. The van der Waals surface area contributed by atoms with Gasteiger partial charge in [-0.3, -0.25) is 4.99 Å². The minimum absolute atomic E-state index is 0. The van der Waals surface area contributed by atoms with E-state index in [0.29, 0.717) is 6.04 Å². The lowest BCUT2D eigenvalue weighted by Crippen LogP contribution is -2.42. The summed E-state index contributed by atoms with van der Waals surface area (Å²) in [6.45, 7) is 3.78. The second kappa shape index (κ2) is 11.5. The molecular formula is C18H30IN3O. The van der Waals surface area contributed by atoms with Gasteiger partial charge in [-0.05, 0) is 44.7 Å². The van der Waals surface area contributed by atoms with Crippen LogP contribution < -0.4 is 15.4 Å². The summed E-state index contributed by atoms with van der Waals surface area (Å²) in [5.41, 5.74) is 1.26. The minimum Gasteiger partial charge on any atom is -0.494 e. The Balaban J connectivity index is 0.00000264. The predicted octanol–water partition coefficient (Wildman–Crippen LogP) is 3.88. The van der Waals surface area contributed by atoms with Crippen LogP contribution in [0.5, 0.6) is 5.75 Å². The molecule has 1 fully saturated rings. The Bertz CT molecular complexity index is 456. The van der Waals surface area contributed by atoms with Gasteiger partial charge in [-0.15, -0.1) is 24.0 Å². The highest BCUT2D eigenvalue weighted by atomic mass is 127. The maximum Gasteiger partial charge on any atom is 0.191 e. The summed E-state index contributed by atoms with van der Waals surface area (Å²) in [5.74, 6) is 1.89. The number of unbranched alkanes of at least 4 members (excludes halogenated alkanes) is 1. The van der Waals surface area contributed by atoms with E-state index in [1.165, 1.54) is 31.2 Å². The topological polar surface area (TPSA) is 45.7 Å². The number of ether oxygens (including phenoxy) is 1. The van der Waals surface area contributed by atoms with Crippen molar-refractivity contribution in [2.24, 2.45) is 4.99 Å². The van der Waals surface area contributed by atoms with Gasteiger partial charge < -0.3 is 15.4 Å². The fraction of sp³-hybridized carbons (Fsp3) is 0.611. The Hall–Kier alpha value is -0.980. The summed E-state index contributed by atoms with van der Waals surface area (Å²) in [4.78, 5) is 4.29. The Morgan fingerprint density at radius 3 is 2.52 bits per heavy atom. The second-order valence-electron chi connectivity index (χ2n) is 5.99. The first-order valence-corrected chi connectivity index (χ1v) is 8.44. The van der Waals surface area contributed by atoms with E-state index in [2.05, 4.69) is 34.7 Å². The molecule has 2 rings (SSSR count). The number of nitrogens with one attached hydrogen (secondary N) is 2. The van der Waals surface area contributed by atoms with Crippen molar-refractivity contribution in [3.05, 3.63) is 29.8 Å². The normalized spacial score (nSPS) is 15.1. The van der Waals surface area contributed by atoms with Crippen LogP contribution in [0.25, 0.3) is 0 Å². The molecule has 0 heterocycles. The average Bonchev–Trinajstić information content (AvgIpc) is 3.04. The predicted molar refractivity (Wildman–Crippen MR) is 108 cm³/mol. The van der Waals surface area contributed by atoms with E-state index in [1.807, 2.05) is 19.2 Å². The van der Waals surface area contributed by atoms with Crippen molar-refractivity contribution in [3.63, 3.8) is 0 Å². The molecule has 0 unspecified atom stereocenters. The molecule has 0 radical (unpaired) electrons. The second-order valence-corrected chi connectivity index (χ2v) is 5.99. The number of rotatable bonds is 7. The van der Waals surface area contributed by atoms with Crippen molar-refractivity contribution in [1.29, 1.82) is 0 Å². The molecule has 130 valence electrons. The molecular weight excluding hydrogens is 401 g/mol. The van der Waals surface area contributed by atoms with Gasteiger partial charge in [0.05, 0.1) is 6.61 Å². The number of halogens is 1. The van der Waals surface area contributed by atoms with Gasteiger partial charge in [-0.2, -0.15) is 0 Å². The standard InChI is InChI=1S/C18H29N3O.HI/c1-15-9-11-17(12-10-15)22-14-6-5-13-20-18(19-2)21-16-7-3-4-8-16;/h9-12,16H,3-8,13-14H2,1-2H3,(H2,19,20,21);1H. The third kappa shape index (κ3) is 7.90. The summed E-state index contributed by atoms with van der Waals surface area (Å²) < 4.78 is 5.73. The van der Waals surface area contributed by atoms with Gasteiger partial charge in [0, 0.05) is 19.6 Å². The van der Waals surface area contributed by atoms with Crippen molar-refractivity contribution in [3.8, 4) is 5.75 Å². The van der Waals surface area contributed by atoms with Crippen molar-refractivity contribution < 1.29 is 4.74 Å². The van der Waals surface area contributed by atoms with Gasteiger partial charge in [0.2, 0.25) is 0 Å². The Labute approximate surface area is 157 Å². The quantitative estimate of drug-likeness (QED) is 0.298. The van der Waals surface area contributed by atoms with Crippen LogP contribution in [0.3, 0.4) is 0 Å². The number of aryl methyl sites for hydroxylation is 1. The third-order valence-electron chi connectivity index (χ3n) is 4.07. The molecule has 0 spiro atoms. The largest absolute Gasteiger partial charge is 0.494 e. The number of benzene rings is 1. The molecule has 0 aliphatic heterocycles. The van der Waals surface area contributed by atoms with Crippen LogP contribution in [0.4, 0.5) is 0 Å². The molecule has 5 heteroatoms. The summed E-state index contributed by atoms with van der Waals surface area (Å²) >= 11 is 0. The zero-order valence-electron chi connectivity index (χ0n) is 14.3. The molecule has 0 bridgehead atoms. The average molecular weight is 431 g/mol. The molecule has 0 atom stereocenters. The maximum absolute atomic E-state index is 5.73. The summed E-state index contributed by atoms with van der Waals surface area (Å²) in [5, 5.41) is 6.88. The first-order chi connectivity index (χ1) is 10.8. The number of hydrogen-bond acceptors (Lipinski definition) is 2. The van der Waals surface area contributed by atoms with Gasteiger partial charge in [0.15, 0.2) is 5.96 Å². The SMILES string of the molecule is CN=C(NCCCCOc1ccc(C)cc1)NC1CCCC1.I. The minimum atomic E-state index is 0. The third-order valence-corrected chi connectivity index (χ3v) is 4.07. The van der Waals surface area contributed by atoms with Gasteiger partial charge in [0.1, 0.15) is 5.75 Å². The van der Waals surface area contributed by atoms with Gasteiger partial charge in [-0.1, -0.05) is 30.5 Å². The molecule has 1 saturated carbocycles. The molecule has 1 aromatic carbocycles.